The average Bonchev–Trinajstić information content (AvgIpc) is 2.99. The van der Waals surface area contributed by atoms with E-state index in [2.05, 4.69) is 10.6 Å². The van der Waals surface area contributed by atoms with Crippen LogP contribution in [0.5, 0.6) is 0 Å². The molecule has 0 spiro atoms. The van der Waals surface area contributed by atoms with E-state index in [0.29, 0.717) is 9.90 Å². The minimum Gasteiger partial charge on any atom is -0.348 e. The Morgan fingerprint density at radius 1 is 1.24 bits per heavy atom. The van der Waals surface area contributed by atoms with Crippen molar-refractivity contribution in [1.82, 2.24) is 10.6 Å². The first-order valence-electron chi connectivity index (χ1n) is 6.43. The number of nitrogens with one attached hydrogen (secondary N) is 2. The Morgan fingerprint density at radius 2 is 1.95 bits per heavy atom. The van der Waals surface area contributed by atoms with Gasteiger partial charge < -0.3 is 10.6 Å². The van der Waals surface area contributed by atoms with Crippen molar-refractivity contribution in [2.45, 2.75) is 13.0 Å². The molecule has 0 unspecified atom stereocenters. The highest BCUT2D eigenvalue weighted by Gasteiger charge is 2.12. The molecule has 1 aromatic heterocycles. The van der Waals surface area contributed by atoms with Crippen LogP contribution < -0.4 is 10.6 Å². The van der Waals surface area contributed by atoms with Crippen LogP contribution in [0.25, 0.3) is 0 Å². The maximum Gasteiger partial charge on any atom is 0.261 e. The van der Waals surface area contributed by atoms with Gasteiger partial charge in [0.25, 0.3) is 5.91 Å². The fraction of sp³-hybridized carbons (Fsp3) is 0.200. The second-order valence-corrected chi connectivity index (χ2v) is 5.88. The van der Waals surface area contributed by atoms with Crippen molar-refractivity contribution in [2.75, 3.05) is 6.54 Å². The summed E-state index contributed by atoms with van der Waals surface area (Å²) < 4.78 is 0. The molecule has 6 heteroatoms. The molecule has 0 aliphatic carbocycles. The van der Waals surface area contributed by atoms with Gasteiger partial charge in [-0.15, -0.1) is 11.3 Å². The van der Waals surface area contributed by atoms with Crippen LogP contribution in [0, 0.1) is 0 Å². The molecule has 2 rings (SSSR count). The summed E-state index contributed by atoms with van der Waals surface area (Å²) >= 11 is 7.16. The molecule has 0 saturated heterocycles. The van der Waals surface area contributed by atoms with E-state index in [1.807, 2.05) is 24.4 Å². The number of hydrogen-bond acceptors (Lipinski definition) is 3. The van der Waals surface area contributed by atoms with Crippen molar-refractivity contribution < 1.29 is 9.59 Å². The van der Waals surface area contributed by atoms with E-state index in [1.165, 1.54) is 11.3 Å². The zero-order chi connectivity index (χ0) is 15.2. The second kappa shape index (κ2) is 7.24. The molecule has 1 atom stereocenters. The SMILES string of the molecule is C[C@@H](NC(=O)CNC(=O)c1cccs1)c1ccc(Cl)cc1. The molecule has 2 aromatic rings. The number of hydrogen-bond donors (Lipinski definition) is 2. The zero-order valence-corrected chi connectivity index (χ0v) is 13.0. The van der Waals surface area contributed by atoms with Crippen molar-refractivity contribution in [3.63, 3.8) is 0 Å². The van der Waals surface area contributed by atoms with Gasteiger partial charge in [0.1, 0.15) is 0 Å². The second-order valence-electron chi connectivity index (χ2n) is 4.50. The summed E-state index contributed by atoms with van der Waals surface area (Å²) in [6.45, 7) is 1.83. The summed E-state index contributed by atoms with van der Waals surface area (Å²) in [5.74, 6) is -0.471. The van der Waals surface area contributed by atoms with Crippen LogP contribution >= 0.6 is 22.9 Å². The molecule has 1 aromatic carbocycles. The summed E-state index contributed by atoms with van der Waals surface area (Å²) in [4.78, 5) is 24.1. The molecule has 110 valence electrons. The van der Waals surface area contributed by atoms with E-state index in [1.54, 1.807) is 24.3 Å². The maximum absolute atomic E-state index is 11.8. The third-order valence-corrected chi connectivity index (χ3v) is 4.02. The molecule has 1 heterocycles. The van der Waals surface area contributed by atoms with Gasteiger partial charge in [0, 0.05) is 5.02 Å². The maximum atomic E-state index is 11.8. The van der Waals surface area contributed by atoms with E-state index < -0.39 is 0 Å². The average molecular weight is 323 g/mol. The standard InChI is InChI=1S/C15H15ClN2O2S/c1-10(11-4-6-12(16)7-5-11)18-14(19)9-17-15(20)13-3-2-8-21-13/h2-8,10H,9H2,1H3,(H,17,20)(H,18,19)/t10-/m1/s1. The quantitative estimate of drug-likeness (QED) is 0.889. The predicted octanol–water partition coefficient (Wildman–Crippen LogP) is 3.01. The van der Waals surface area contributed by atoms with Gasteiger partial charge in [0.05, 0.1) is 17.5 Å². The number of carbonyl (C=O) groups excluding carboxylic acids is 2. The van der Waals surface area contributed by atoms with Crippen molar-refractivity contribution in [3.8, 4) is 0 Å². The normalized spacial score (nSPS) is 11.7. The first-order valence-corrected chi connectivity index (χ1v) is 7.68. The van der Waals surface area contributed by atoms with Crippen LogP contribution in [0.1, 0.15) is 28.2 Å². The van der Waals surface area contributed by atoms with Crippen LogP contribution in [-0.4, -0.2) is 18.4 Å². The molecule has 0 aliphatic rings. The number of carbonyl (C=O) groups is 2. The van der Waals surface area contributed by atoms with Gasteiger partial charge in [-0.05, 0) is 36.1 Å². The fourth-order valence-corrected chi connectivity index (χ4v) is 2.55. The third-order valence-electron chi connectivity index (χ3n) is 2.90. The summed E-state index contributed by atoms with van der Waals surface area (Å²) in [6.07, 6.45) is 0. The van der Waals surface area contributed by atoms with E-state index in [0.717, 1.165) is 5.56 Å². The number of rotatable bonds is 5. The summed E-state index contributed by atoms with van der Waals surface area (Å²) in [5, 5.41) is 7.88. The van der Waals surface area contributed by atoms with E-state index in [4.69, 9.17) is 11.6 Å². The predicted molar refractivity (Wildman–Crippen MR) is 84.7 cm³/mol. The topological polar surface area (TPSA) is 58.2 Å². The molecule has 2 amide bonds. The van der Waals surface area contributed by atoms with Gasteiger partial charge in [-0.1, -0.05) is 29.8 Å². The lowest BCUT2D eigenvalue weighted by molar-refractivity contribution is -0.120. The van der Waals surface area contributed by atoms with Gasteiger partial charge in [0.2, 0.25) is 5.91 Å². The first kappa shape index (κ1) is 15.5. The molecule has 0 saturated carbocycles. The molecule has 4 nitrogen and oxygen atoms in total. The lowest BCUT2D eigenvalue weighted by Gasteiger charge is -2.14. The van der Waals surface area contributed by atoms with Crippen LogP contribution in [0.15, 0.2) is 41.8 Å². The highest BCUT2D eigenvalue weighted by molar-refractivity contribution is 7.12. The van der Waals surface area contributed by atoms with Gasteiger partial charge in [-0.2, -0.15) is 0 Å². The molecule has 0 fully saturated rings. The summed E-state index contributed by atoms with van der Waals surface area (Å²) in [5.41, 5.74) is 0.956. The summed E-state index contributed by atoms with van der Waals surface area (Å²) in [6, 6.07) is 10.6. The van der Waals surface area contributed by atoms with Gasteiger partial charge in [-0.3, -0.25) is 9.59 Å². The fourth-order valence-electron chi connectivity index (χ4n) is 1.78. The van der Waals surface area contributed by atoms with Gasteiger partial charge in [0.15, 0.2) is 0 Å². The van der Waals surface area contributed by atoms with Crippen LogP contribution in [-0.2, 0) is 4.79 Å². The van der Waals surface area contributed by atoms with Gasteiger partial charge in [-0.25, -0.2) is 0 Å². The lowest BCUT2D eigenvalue weighted by Crippen LogP contribution is -2.37. The molecule has 21 heavy (non-hydrogen) atoms. The van der Waals surface area contributed by atoms with Crippen molar-refractivity contribution in [1.29, 1.82) is 0 Å². The van der Waals surface area contributed by atoms with E-state index >= 15 is 0 Å². The Bertz CT molecular complexity index is 611. The Morgan fingerprint density at radius 3 is 2.57 bits per heavy atom. The molecular weight excluding hydrogens is 308 g/mol. The molecule has 0 radical (unpaired) electrons. The first-order chi connectivity index (χ1) is 10.1. The van der Waals surface area contributed by atoms with Crippen LogP contribution in [0.4, 0.5) is 0 Å². The number of benzene rings is 1. The zero-order valence-electron chi connectivity index (χ0n) is 11.4. The third kappa shape index (κ3) is 4.58. The van der Waals surface area contributed by atoms with Crippen molar-refractivity contribution in [2.24, 2.45) is 0 Å². The largest absolute Gasteiger partial charge is 0.348 e. The van der Waals surface area contributed by atoms with Crippen molar-refractivity contribution in [3.05, 3.63) is 57.2 Å². The highest BCUT2D eigenvalue weighted by Crippen LogP contribution is 2.15. The van der Waals surface area contributed by atoms with E-state index in [-0.39, 0.29) is 24.4 Å². The molecular formula is C15H15ClN2O2S. The van der Waals surface area contributed by atoms with Crippen LogP contribution in [0.2, 0.25) is 5.02 Å². The number of amides is 2. The van der Waals surface area contributed by atoms with Crippen molar-refractivity contribution >= 4 is 34.8 Å². The number of thiophene rings is 1. The Hall–Kier alpha value is -1.85. The van der Waals surface area contributed by atoms with Gasteiger partial charge >= 0.3 is 0 Å². The molecule has 0 aliphatic heterocycles. The minimum absolute atomic E-state index is 0.0470. The Kier molecular flexibility index (Phi) is 5.36. The molecule has 0 bridgehead atoms. The minimum atomic E-state index is -0.237. The number of halogens is 1. The monoisotopic (exact) mass is 322 g/mol. The Labute approximate surface area is 132 Å². The van der Waals surface area contributed by atoms with Crippen LogP contribution in [0.3, 0.4) is 0 Å². The lowest BCUT2D eigenvalue weighted by atomic mass is 10.1. The molecule has 2 N–H and O–H groups in total. The Balaban J connectivity index is 1.81. The van der Waals surface area contributed by atoms with E-state index in [9.17, 15) is 9.59 Å². The smallest absolute Gasteiger partial charge is 0.261 e. The highest BCUT2D eigenvalue weighted by atomic mass is 35.5. The summed E-state index contributed by atoms with van der Waals surface area (Å²) in [7, 11) is 0.